The third-order valence-corrected chi connectivity index (χ3v) is 10.2. The number of nitrogens with one attached hydrogen (secondary N) is 3. The number of carboxylic acid groups (broad SMARTS) is 1. The largest absolute Gasteiger partial charge is 0.481 e. The van der Waals surface area contributed by atoms with Crippen LogP contribution in [0.3, 0.4) is 0 Å². The van der Waals surface area contributed by atoms with Gasteiger partial charge >= 0.3 is 176 Å². The number of aliphatic imine (C=N–C) groups is 1. The second-order valence-electron chi connectivity index (χ2n) is 11.9. The number of carbonyl (C=O) groups is 1. The molecule has 0 spiro atoms. The fourth-order valence-corrected chi connectivity index (χ4v) is 7.23. The van der Waals surface area contributed by atoms with Gasteiger partial charge in [0.1, 0.15) is 5.82 Å². The molecule has 1 unspecified atom stereocenters. The van der Waals surface area contributed by atoms with Crippen LogP contribution < -0.4 is 5.32 Å². The van der Waals surface area contributed by atoms with E-state index >= 15 is 4.39 Å². The smallest absolute Gasteiger partial charge is 0.307 e. The number of nitrogens with zero attached hydrogens (tertiary/aromatic N) is 2. The van der Waals surface area contributed by atoms with E-state index in [9.17, 15) is 4.79 Å². The number of H-pyrrole nitrogens is 1. The van der Waals surface area contributed by atoms with E-state index in [-0.39, 0.29) is 23.5 Å². The minimum absolute atomic E-state index is 0.119. The Morgan fingerprint density at radius 3 is 2.72 bits per heavy atom. The summed E-state index contributed by atoms with van der Waals surface area (Å²) in [6, 6.07) is 15.2. The zero-order valence-electron chi connectivity index (χ0n) is 27.2. The van der Waals surface area contributed by atoms with Crippen molar-refractivity contribution in [1.29, 1.82) is 5.31 Å². The monoisotopic (exact) mass is 661 g/mol. The molecule has 0 aliphatic carbocycles. The maximum Gasteiger partial charge on any atom is 0.307 e. The van der Waals surface area contributed by atoms with Gasteiger partial charge in [0.25, 0.3) is 0 Å². The van der Waals surface area contributed by atoms with Crippen LogP contribution in [0.2, 0.25) is 5.82 Å². The first-order valence-corrected chi connectivity index (χ1v) is 17.5. The van der Waals surface area contributed by atoms with E-state index in [1.807, 2.05) is 67.5 Å². The molecule has 4 rings (SSSR count). The van der Waals surface area contributed by atoms with Crippen molar-refractivity contribution in [1.82, 2.24) is 9.97 Å². The van der Waals surface area contributed by atoms with Crippen LogP contribution in [0.25, 0.3) is 10.9 Å². The van der Waals surface area contributed by atoms with Crippen molar-refractivity contribution in [2.45, 2.75) is 68.5 Å². The van der Waals surface area contributed by atoms with Crippen LogP contribution in [0.1, 0.15) is 50.3 Å². The number of hydrogen-bond acceptors (Lipinski definition) is 7. The molecule has 2 aromatic carbocycles. The molecular weight excluding hydrogens is 616 g/mol. The summed E-state index contributed by atoms with van der Waals surface area (Å²) in [7, 11) is 3.32. The number of anilines is 1. The molecule has 0 aliphatic rings. The average Bonchev–Trinajstić information content (AvgIpc) is 3.50. The Bertz CT molecular complexity index is 1600. The first-order chi connectivity index (χ1) is 22.1. The zero-order chi connectivity index (χ0) is 33.5. The number of aliphatic carboxylic acids is 1. The predicted octanol–water partition coefficient (Wildman–Crippen LogP) is 8.81. The molecule has 0 radical (unpaired) electrons. The number of carboxylic acids is 1. The number of thioether (sulfide) groups is 1. The topological polar surface area (TPSA) is 114 Å². The van der Waals surface area contributed by atoms with E-state index in [0.717, 1.165) is 69.9 Å². The fraction of sp³-hybridized carbons (Fsp3) is 0.400. The SMILES string of the molecule is C=NCC(B=N)CCC(C)(C)CSCCc1c(Sc2ccnc(NC)c2)c(F)cc2[nH]ccc12.CCc1cccc(CC(=O)O)c1. The van der Waals surface area contributed by atoms with E-state index in [1.165, 1.54) is 24.4 Å². The molecule has 0 saturated carbocycles. The summed E-state index contributed by atoms with van der Waals surface area (Å²) >= 11 is 3.37. The molecule has 0 saturated heterocycles. The van der Waals surface area contributed by atoms with Gasteiger partial charge in [-0.1, -0.05) is 31.2 Å². The maximum absolute atomic E-state index is 15.2. The summed E-state index contributed by atoms with van der Waals surface area (Å²) in [5.41, 5.74) is 4.11. The molecule has 4 N–H and O–H groups in total. The molecule has 11 heteroatoms. The van der Waals surface area contributed by atoms with Gasteiger partial charge in [-0.3, -0.25) is 4.79 Å². The molecule has 7 nitrogen and oxygen atoms in total. The Labute approximate surface area is 281 Å². The number of benzene rings is 2. The molecule has 4 aromatic rings. The van der Waals surface area contributed by atoms with Gasteiger partial charge in [0.05, 0.1) is 6.42 Å². The molecule has 0 aliphatic heterocycles. The fourth-order valence-electron chi connectivity index (χ4n) is 5.01. The second kappa shape index (κ2) is 18.6. The van der Waals surface area contributed by atoms with Crippen LogP contribution in [-0.2, 0) is 24.1 Å². The van der Waals surface area contributed by atoms with E-state index in [1.54, 1.807) is 12.3 Å². The van der Waals surface area contributed by atoms with Crippen LogP contribution in [-0.4, -0.2) is 59.9 Å². The summed E-state index contributed by atoms with van der Waals surface area (Å²) in [6.07, 6.45) is 7.47. The molecule has 0 bridgehead atoms. The minimum Gasteiger partial charge on any atom is -0.481 e. The Balaban J connectivity index is 0.000000402. The third kappa shape index (κ3) is 11.7. The van der Waals surface area contributed by atoms with Crippen molar-refractivity contribution in [2.24, 2.45) is 10.4 Å². The average molecular weight is 662 g/mol. The van der Waals surface area contributed by atoms with Crippen LogP contribution in [0.5, 0.6) is 0 Å². The summed E-state index contributed by atoms with van der Waals surface area (Å²) in [4.78, 5) is 23.4. The standard InChI is InChI=1S/C25H33BFN5S2.C10H12O2/c1-25(2,9-5-17(26-28)15-29-3)16-33-12-8-20-19-7-11-31-22(19)14-21(27)24(20)34-18-6-10-32-23(13-18)30-4;1-2-8-4-3-5-9(6-8)7-10(11)12/h6-7,10-11,13-14,17,28,31H,3,5,8-9,12,15-16H2,1-2,4H3,(H,30,32);3-6H,2,7H2,1H3,(H,11,12). The molecular formula is C35H45BFN5O2S2. The normalized spacial score (nSPS) is 11.8. The number of fused-ring (bicyclic) bond motifs is 1. The first kappa shape index (κ1) is 37.0. The Morgan fingerprint density at radius 1 is 1.24 bits per heavy atom. The van der Waals surface area contributed by atoms with Crippen molar-refractivity contribution < 1.29 is 14.3 Å². The van der Waals surface area contributed by atoms with Crippen LogP contribution in [0, 0.1) is 16.5 Å². The van der Waals surface area contributed by atoms with Gasteiger partial charge in [0.2, 0.25) is 0 Å². The summed E-state index contributed by atoms with van der Waals surface area (Å²) in [6.45, 7) is 10.8. The zero-order valence-corrected chi connectivity index (χ0v) is 28.9. The molecule has 0 amide bonds. The number of aromatic nitrogens is 2. The van der Waals surface area contributed by atoms with Crippen LogP contribution in [0.4, 0.5) is 10.2 Å². The summed E-state index contributed by atoms with van der Waals surface area (Å²) in [5, 5.41) is 20.2. The van der Waals surface area contributed by atoms with E-state index in [4.69, 9.17) is 10.4 Å². The van der Waals surface area contributed by atoms with Gasteiger partial charge in [-0.15, -0.1) is 0 Å². The minimum atomic E-state index is -0.775. The van der Waals surface area contributed by atoms with Gasteiger partial charge in [-0.05, 0) is 29.7 Å². The van der Waals surface area contributed by atoms with Crippen molar-refractivity contribution in [3.8, 4) is 0 Å². The van der Waals surface area contributed by atoms with Crippen LogP contribution >= 0.6 is 23.5 Å². The van der Waals surface area contributed by atoms with Crippen molar-refractivity contribution in [3.05, 3.63) is 83.4 Å². The van der Waals surface area contributed by atoms with Crippen LogP contribution in [0.15, 0.2) is 75.7 Å². The number of halogens is 1. The third-order valence-electron chi connectivity index (χ3n) is 7.61. The Kier molecular flexibility index (Phi) is 15.0. The Hall–Kier alpha value is -3.44. The van der Waals surface area contributed by atoms with E-state index < -0.39 is 5.97 Å². The summed E-state index contributed by atoms with van der Waals surface area (Å²) in [5.74, 6) is 1.90. The van der Waals surface area contributed by atoms with E-state index in [2.05, 4.69) is 47.8 Å². The van der Waals surface area contributed by atoms with Gasteiger partial charge in [-0.25, -0.2) is 4.98 Å². The quantitative estimate of drug-likeness (QED) is 0.0511. The van der Waals surface area contributed by atoms with Gasteiger partial charge < -0.3 is 10.4 Å². The second-order valence-corrected chi connectivity index (χ2v) is 14.1. The van der Waals surface area contributed by atoms with Crippen molar-refractivity contribution >= 4 is 60.0 Å². The molecule has 1 atom stereocenters. The number of pyridine rings is 1. The molecule has 2 heterocycles. The van der Waals surface area contributed by atoms with Gasteiger partial charge in [0.15, 0.2) is 0 Å². The Morgan fingerprint density at radius 2 is 2.02 bits per heavy atom. The number of rotatable bonds is 17. The number of hydrogen-bond donors (Lipinski definition) is 4. The molecule has 0 fully saturated rings. The maximum atomic E-state index is 15.2. The number of aryl methyl sites for hydroxylation is 2. The molecule has 2 aromatic heterocycles. The van der Waals surface area contributed by atoms with Crippen molar-refractivity contribution in [3.63, 3.8) is 0 Å². The predicted molar refractivity (Wildman–Crippen MR) is 194 cm³/mol. The molecule has 244 valence electrons. The van der Waals surface area contributed by atoms with Gasteiger partial charge in [-0.2, -0.15) is 0 Å². The van der Waals surface area contributed by atoms with Crippen molar-refractivity contribution in [2.75, 3.05) is 30.4 Å². The number of aromatic amines is 1. The molecule has 46 heavy (non-hydrogen) atoms. The summed E-state index contributed by atoms with van der Waals surface area (Å²) < 4.78 is 15.2. The van der Waals surface area contributed by atoms with Gasteiger partial charge in [0, 0.05) is 13.2 Å². The van der Waals surface area contributed by atoms with E-state index in [0.29, 0.717) is 11.4 Å². The first-order valence-electron chi connectivity index (χ1n) is 15.5.